The van der Waals surface area contributed by atoms with E-state index in [0.29, 0.717) is 0 Å². The Hall–Kier alpha value is -2.37. The molecule has 2 heterocycles. The van der Waals surface area contributed by atoms with Gasteiger partial charge >= 0.3 is 6.03 Å². The summed E-state index contributed by atoms with van der Waals surface area (Å²) in [6, 6.07) is 3.33. The van der Waals surface area contributed by atoms with Gasteiger partial charge in [0, 0.05) is 23.7 Å². The van der Waals surface area contributed by atoms with Crippen molar-refractivity contribution in [2.45, 2.75) is 6.92 Å². The second-order valence-corrected chi connectivity index (χ2v) is 3.24. The van der Waals surface area contributed by atoms with Crippen molar-refractivity contribution in [2.24, 2.45) is 5.10 Å². The molecule has 2 amide bonds. The van der Waals surface area contributed by atoms with Crippen LogP contribution in [-0.2, 0) is 0 Å². The minimum absolute atomic E-state index is 0.328. The fourth-order valence-corrected chi connectivity index (χ4v) is 1.15. The maximum absolute atomic E-state index is 11.3. The van der Waals surface area contributed by atoms with Gasteiger partial charge in [0.05, 0.1) is 12.4 Å². The summed E-state index contributed by atoms with van der Waals surface area (Å²) in [5, 5.41) is 5.25. The first kappa shape index (κ1) is 10.2. The van der Waals surface area contributed by atoms with Gasteiger partial charge in [-0.15, -0.1) is 0 Å². The Morgan fingerprint density at radius 2 is 2.38 bits per heavy atom. The number of urea groups is 1. The van der Waals surface area contributed by atoms with Crippen LogP contribution in [0.1, 0.15) is 12.5 Å². The molecule has 16 heavy (non-hydrogen) atoms. The lowest BCUT2D eigenvalue weighted by Gasteiger charge is -2.21. The van der Waals surface area contributed by atoms with Crippen LogP contribution in [0.3, 0.4) is 0 Å². The molecule has 2 N–H and O–H groups in total. The minimum atomic E-state index is -0.328. The van der Waals surface area contributed by atoms with Crippen molar-refractivity contribution in [1.29, 1.82) is 0 Å². The van der Waals surface area contributed by atoms with Gasteiger partial charge in [-0.1, -0.05) is 6.07 Å². The second kappa shape index (κ2) is 4.43. The number of aromatic nitrogens is 1. The number of allylic oxidation sites excluding steroid dienone is 1. The van der Waals surface area contributed by atoms with Crippen LogP contribution in [-0.4, -0.2) is 22.2 Å². The zero-order valence-electron chi connectivity index (χ0n) is 8.71. The molecular formula is C10H11N5O. The first-order chi connectivity index (χ1) is 7.75. The smallest absolute Gasteiger partial charge is 0.300 e. The molecule has 0 fully saturated rings. The maximum atomic E-state index is 11.3. The molecule has 0 saturated heterocycles. The van der Waals surface area contributed by atoms with Gasteiger partial charge in [-0.05, 0) is 13.0 Å². The normalized spacial score (nSPS) is 15.7. The van der Waals surface area contributed by atoms with E-state index in [2.05, 4.69) is 20.9 Å². The van der Waals surface area contributed by atoms with Gasteiger partial charge in [0.25, 0.3) is 0 Å². The van der Waals surface area contributed by atoms with Crippen LogP contribution in [0.15, 0.2) is 41.5 Å². The number of hydrazine groups is 1. The molecule has 6 heteroatoms. The average Bonchev–Trinajstić information content (AvgIpc) is 2.32. The molecule has 1 aromatic rings. The first-order valence-corrected chi connectivity index (χ1v) is 4.73. The number of hydrogen-bond donors (Lipinski definition) is 2. The second-order valence-electron chi connectivity index (χ2n) is 3.24. The lowest BCUT2D eigenvalue weighted by atomic mass is 10.3. The van der Waals surface area contributed by atoms with E-state index in [0.717, 1.165) is 11.3 Å². The van der Waals surface area contributed by atoms with Gasteiger partial charge in [0.2, 0.25) is 0 Å². The molecule has 0 atom stereocenters. The van der Waals surface area contributed by atoms with Gasteiger partial charge in [-0.2, -0.15) is 10.1 Å². The first-order valence-electron chi connectivity index (χ1n) is 4.73. The van der Waals surface area contributed by atoms with Crippen LogP contribution in [0.5, 0.6) is 0 Å². The summed E-state index contributed by atoms with van der Waals surface area (Å²) in [5.74, 6) is 0. The number of hydrazone groups is 1. The summed E-state index contributed by atoms with van der Waals surface area (Å²) in [6.45, 7) is 1.83. The third-order valence-electron chi connectivity index (χ3n) is 1.91. The number of nitrogens with one attached hydrogen (secondary N) is 2. The lowest BCUT2D eigenvalue weighted by molar-refractivity contribution is 0.208. The maximum Gasteiger partial charge on any atom is 0.360 e. The number of nitrogens with zero attached hydrogens (tertiary/aromatic N) is 3. The predicted octanol–water partition coefficient (Wildman–Crippen LogP) is 0.807. The van der Waals surface area contributed by atoms with Crippen LogP contribution in [0.2, 0.25) is 0 Å². The lowest BCUT2D eigenvalue weighted by Crippen LogP contribution is -2.46. The van der Waals surface area contributed by atoms with Crippen molar-refractivity contribution in [3.05, 3.63) is 42.0 Å². The van der Waals surface area contributed by atoms with Crippen molar-refractivity contribution in [3.63, 3.8) is 0 Å². The highest BCUT2D eigenvalue weighted by Gasteiger charge is 2.13. The number of carbonyl (C=O) groups is 1. The number of amides is 2. The summed E-state index contributed by atoms with van der Waals surface area (Å²) in [6.07, 6.45) is 6.52. The summed E-state index contributed by atoms with van der Waals surface area (Å²) in [5.41, 5.74) is 6.79. The summed E-state index contributed by atoms with van der Waals surface area (Å²) >= 11 is 0. The average molecular weight is 217 g/mol. The standard InChI is InChI=1S/C10H11N5O/c1-8-7-15(10(16)14-13-8)12-6-9-3-2-4-11-5-9/h2-7,13H,1H3,(H,14,16)/b12-6+. The van der Waals surface area contributed by atoms with E-state index in [9.17, 15) is 4.79 Å². The molecule has 1 aliphatic rings. The van der Waals surface area contributed by atoms with E-state index in [-0.39, 0.29) is 6.03 Å². The van der Waals surface area contributed by atoms with E-state index in [1.807, 2.05) is 13.0 Å². The van der Waals surface area contributed by atoms with Crippen molar-refractivity contribution < 1.29 is 4.79 Å². The predicted molar refractivity (Wildman–Crippen MR) is 59.1 cm³/mol. The topological polar surface area (TPSA) is 69.6 Å². The summed E-state index contributed by atoms with van der Waals surface area (Å²) in [7, 11) is 0. The van der Waals surface area contributed by atoms with Gasteiger partial charge in [0.15, 0.2) is 0 Å². The molecule has 2 rings (SSSR count). The van der Waals surface area contributed by atoms with E-state index in [1.54, 1.807) is 30.9 Å². The minimum Gasteiger partial charge on any atom is -0.300 e. The summed E-state index contributed by atoms with van der Waals surface area (Å²) < 4.78 is 0. The molecular weight excluding hydrogens is 206 g/mol. The zero-order valence-corrected chi connectivity index (χ0v) is 8.71. The summed E-state index contributed by atoms with van der Waals surface area (Å²) in [4.78, 5) is 15.3. The molecule has 1 aromatic heterocycles. The van der Waals surface area contributed by atoms with Crippen LogP contribution >= 0.6 is 0 Å². The van der Waals surface area contributed by atoms with Crippen molar-refractivity contribution in [2.75, 3.05) is 0 Å². The van der Waals surface area contributed by atoms with Crippen molar-refractivity contribution in [3.8, 4) is 0 Å². The van der Waals surface area contributed by atoms with Crippen molar-refractivity contribution in [1.82, 2.24) is 20.8 Å². The van der Waals surface area contributed by atoms with Crippen LogP contribution in [0.4, 0.5) is 4.79 Å². The Balaban J connectivity index is 2.12. The third-order valence-corrected chi connectivity index (χ3v) is 1.91. The SMILES string of the molecule is CC1=CN(/N=C/c2cccnc2)C(=O)NN1. The Bertz CT molecular complexity index is 440. The van der Waals surface area contributed by atoms with Crippen LogP contribution < -0.4 is 10.9 Å². The van der Waals surface area contributed by atoms with Crippen molar-refractivity contribution >= 4 is 12.2 Å². The zero-order chi connectivity index (χ0) is 11.4. The Morgan fingerprint density at radius 3 is 3.12 bits per heavy atom. The Morgan fingerprint density at radius 1 is 1.50 bits per heavy atom. The quantitative estimate of drug-likeness (QED) is 0.720. The molecule has 82 valence electrons. The molecule has 0 aromatic carbocycles. The highest BCUT2D eigenvalue weighted by Crippen LogP contribution is 2.01. The Kier molecular flexibility index (Phi) is 2.81. The largest absolute Gasteiger partial charge is 0.360 e. The van der Waals surface area contributed by atoms with E-state index in [4.69, 9.17) is 0 Å². The number of carbonyl (C=O) groups excluding carboxylic acids is 1. The molecule has 0 unspecified atom stereocenters. The highest BCUT2D eigenvalue weighted by molar-refractivity contribution is 5.82. The van der Waals surface area contributed by atoms with Gasteiger partial charge < -0.3 is 0 Å². The number of pyridine rings is 1. The number of rotatable bonds is 2. The molecule has 0 aliphatic carbocycles. The van der Waals surface area contributed by atoms with E-state index >= 15 is 0 Å². The fourth-order valence-electron chi connectivity index (χ4n) is 1.15. The molecule has 0 radical (unpaired) electrons. The molecule has 0 bridgehead atoms. The van der Waals surface area contributed by atoms with Gasteiger partial charge in [-0.3, -0.25) is 10.4 Å². The van der Waals surface area contributed by atoms with E-state index < -0.39 is 0 Å². The van der Waals surface area contributed by atoms with E-state index in [1.165, 1.54) is 5.01 Å². The highest BCUT2D eigenvalue weighted by atomic mass is 16.2. The molecule has 0 spiro atoms. The Labute approximate surface area is 92.6 Å². The molecule has 6 nitrogen and oxygen atoms in total. The fraction of sp³-hybridized carbons (Fsp3) is 0.100. The van der Waals surface area contributed by atoms with Crippen LogP contribution in [0.25, 0.3) is 0 Å². The van der Waals surface area contributed by atoms with Gasteiger partial charge in [0.1, 0.15) is 0 Å². The van der Waals surface area contributed by atoms with Gasteiger partial charge in [-0.25, -0.2) is 10.2 Å². The molecule has 1 aliphatic heterocycles. The van der Waals surface area contributed by atoms with Crippen LogP contribution in [0, 0.1) is 0 Å². The number of hydrogen-bond acceptors (Lipinski definition) is 4. The third kappa shape index (κ3) is 2.35. The molecule has 0 saturated carbocycles. The monoisotopic (exact) mass is 217 g/mol.